The van der Waals surface area contributed by atoms with Crippen molar-refractivity contribution in [3.8, 4) is 44.5 Å². The molecule has 0 spiro atoms. The minimum absolute atomic E-state index is 0.292. The summed E-state index contributed by atoms with van der Waals surface area (Å²) in [7, 11) is -3.87. The SMILES string of the molecule is C[Si](C)(C)c1ccc(N(c2ccccc2)c2ccc3c(c2)[Si](C)(C)c2cccc4c(N(c5ccccc5-c5ccccc5)c5c(F)cc(-c6ccccc6)cc5-c5ccccc5)ccc-3c24)cc1. The van der Waals surface area contributed by atoms with Crippen molar-refractivity contribution in [3.05, 3.63) is 236 Å². The lowest BCUT2D eigenvalue weighted by Crippen LogP contribution is -2.56. The van der Waals surface area contributed by atoms with Crippen LogP contribution in [0.5, 0.6) is 0 Å². The van der Waals surface area contributed by atoms with Gasteiger partial charge in [0, 0.05) is 33.6 Å². The van der Waals surface area contributed by atoms with Crippen LogP contribution in [0.4, 0.5) is 38.5 Å². The molecule has 0 aliphatic carbocycles. The smallest absolute Gasteiger partial charge is 0.148 e. The summed E-state index contributed by atoms with van der Waals surface area (Å²) in [6.07, 6.45) is 0. The van der Waals surface area contributed by atoms with Gasteiger partial charge in [-0.05, 0) is 110 Å². The molecular formula is C63H53FN2Si2. The molecule has 0 saturated carbocycles. The largest absolute Gasteiger partial charge is 0.311 e. The van der Waals surface area contributed by atoms with Gasteiger partial charge < -0.3 is 9.80 Å². The lowest BCUT2D eigenvalue weighted by molar-refractivity contribution is 0.630. The molecule has 0 N–H and O–H groups in total. The third-order valence-electron chi connectivity index (χ3n) is 13.9. The van der Waals surface area contributed by atoms with Crippen LogP contribution in [0.25, 0.3) is 55.3 Å². The lowest BCUT2D eigenvalue weighted by atomic mass is 9.92. The Hall–Kier alpha value is -7.58. The first-order valence-corrected chi connectivity index (χ1v) is 30.1. The van der Waals surface area contributed by atoms with E-state index in [1.54, 1.807) is 6.07 Å². The highest BCUT2D eigenvalue weighted by Gasteiger charge is 2.37. The van der Waals surface area contributed by atoms with Crippen molar-refractivity contribution in [3.63, 3.8) is 0 Å². The van der Waals surface area contributed by atoms with Gasteiger partial charge in [0.1, 0.15) is 13.9 Å². The molecule has 0 unspecified atom stereocenters. The monoisotopic (exact) mass is 912 g/mol. The van der Waals surface area contributed by atoms with Crippen molar-refractivity contribution < 1.29 is 4.39 Å². The topological polar surface area (TPSA) is 6.48 Å². The first-order valence-electron chi connectivity index (χ1n) is 23.6. The second kappa shape index (κ2) is 17.3. The van der Waals surface area contributed by atoms with Gasteiger partial charge in [0.05, 0.1) is 25.1 Å². The van der Waals surface area contributed by atoms with Crippen molar-refractivity contribution >= 4 is 76.6 Å². The van der Waals surface area contributed by atoms with Gasteiger partial charge in [0.2, 0.25) is 0 Å². The zero-order valence-electron chi connectivity index (χ0n) is 39.2. The van der Waals surface area contributed by atoms with Crippen LogP contribution >= 0.6 is 0 Å². The molecule has 11 rings (SSSR count). The molecule has 0 bridgehead atoms. The number of anilines is 6. The average Bonchev–Trinajstić information content (AvgIpc) is 3.37. The Morgan fingerprint density at radius 3 is 1.60 bits per heavy atom. The summed E-state index contributed by atoms with van der Waals surface area (Å²) in [4.78, 5) is 4.61. The quantitative estimate of drug-likeness (QED) is 0.126. The van der Waals surface area contributed by atoms with Gasteiger partial charge in [-0.15, -0.1) is 0 Å². The van der Waals surface area contributed by atoms with Crippen LogP contribution < -0.4 is 25.4 Å². The summed E-state index contributed by atoms with van der Waals surface area (Å²) < 4.78 is 18.0. The van der Waals surface area contributed by atoms with Crippen LogP contribution in [0.1, 0.15) is 0 Å². The Morgan fingerprint density at radius 1 is 0.382 bits per heavy atom. The molecule has 0 amide bonds. The Kier molecular flexibility index (Phi) is 10.9. The summed E-state index contributed by atoms with van der Waals surface area (Å²) in [5.74, 6) is -0.292. The highest BCUT2D eigenvalue weighted by atomic mass is 28.3. The van der Waals surface area contributed by atoms with E-state index >= 15 is 4.39 Å². The van der Waals surface area contributed by atoms with Crippen molar-refractivity contribution in [1.29, 1.82) is 0 Å². The maximum absolute atomic E-state index is 18.0. The van der Waals surface area contributed by atoms with Crippen LogP contribution in [0, 0.1) is 5.82 Å². The zero-order valence-corrected chi connectivity index (χ0v) is 41.2. The number of benzene rings is 10. The number of hydrogen-bond acceptors (Lipinski definition) is 2. The van der Waals surface area contributed by atoms with E-state index < -0.39 is 16.1 Å². The van der Waals surface area contributed by atoms with Crippen LogP contribution in [0.2, 0.25) is 32.7 Å². The van der Waals surface area contributed by atoms with Gasteiger partial charge in [-0.25, -0.2) is 4.39 Å². The molecule has 0 atom stereocenters. The molecule has 1 aliphatic heterocycles. The summed E-state index contributed by atoms with van der Waals surface area (Å²) >= 11 is 0. The van der Waals surface area contributed by atoms with Gasteiger partial charge in [-0.1, -0.05) is 208 Å². The average molecular weight is 913 g/mol. The fourth-order valence-corrected chi connectivity index (χ4v) is 14.7. The summed E-state index contributed by atoms with van der Waals surface area (Å²) in [6, 6.07) is 81.7. The van der Waals surface area contributed by atoms with E-state index in [0.717, 1.165) is 67.2 Å². The minimum atomic E-state index is -2.39. The Bertz CT molecular complexity index is 3460. The molecule has 1 heterocycles. The summed E-state index contributed by atoms with van der Waals surface area (Å²) in [5.41, 5.74) is 13.9. The van der Waals surface area contributed by atoms with Crippen molar-refractivity contribution in [2.45, 2.75) is 32.7 Å². The van der Waals surface area contributed by atoms with Crippen molar-refractivity contribution in [2.75, 3.05) is 9.80 Å². The zero-order chi connectivity index (χ0) is 46.6. The van der Waals surface area contributed by atoms with E-state index in [2.05, 4.69) is 225 Å². The molecule has 1 aliphatic rings. The second-order valence-electron chi connectivity index (χ2n) is 19.5. The van der Waals surface area contributed by atoms with E-state index in [4.69, 9.17) is 0 Å². The molecule has 68 heavy (non-hydrogen) atoms. The fraction of sp³-hybridized carbons (Fsp3) is 0.0794. The Morgan fingerprint density at radius 2 is 0.941 bits per heavy atom. The molecule has 0 radical (unpaired) electrons. The molecule has 0 aromatic heterocycles. The maximum atomic E-state index is 18.0. The highest BCUT2D eigenvalue weighted by molar-refractivity contribution is 7.03. The van der Waals surface area contributed by atoms with Gasteiger partial charge in [0.15, 0.2) is 0 Å². The lowest BCUT2D eigenvalue weighted by Gasteiger charge is -2.37. The molecule has 330 valence electrons. The maximum Gasteiger partial charge on any atom is 0.148 e. The van der Waals surface area contributed by atoms with Gasteiger partial charge in [-0.3, -0.25) is 0 Å². The van der Waals surface area contributed by atoms with Crippen LogP contribution in [-0.4, -0.2) is 16.1 Å². The molecule has 10 aromatic carbocycles. The first-order chi connectivity index (χ1) is 33.1. The normalized spacial score (nSPS) is 12.7. The van der Waals surface area contributed by atoms with E-state index in [0.29, 0.717) is 5.69 Å². The summed E-state index contributed by atoms with van der Waals surface area (Å²) in [6.45, 7) is 12.2. The van der Waals surface area contributed by atoms with Crippen molar-refractivity contribution in [1.82, 2.24) is 0 Å². The highest BCUT2D eigenvalue weighted by Crippen LogP contribution is 2.50. The number of para-hydroxylation sites is 2. The van der Waals surface area contributed by atoms with Crippen LogP contribution in [0.15, 0.2) is 231 Å². The minimum Gasteiger partial charge on any atom is -0.311 e. The second-order valence-corrected chi connectivity index (χ2v) is 28.9. The van der Waals surface area contributed by atoms with Crippen LogP contribution in [-0.2, 0) is 0 Å². The van der Waals surface area contributed by atoms with Crippen molar-refractivity contribution in [2.24, 2.45) is 0 Å². The van der Waals surface area contributed by atoms with E-state index in [1.807, 2.05) is 42.5 Å². The van der Waals surface area contributed by atoms with E-state index in [-0.39, 0.29) is 5.82 Å². The third kappa shape index (κ3) is 7.58. The Labute approximate surface area is 402 Å². The Balaban J connectivity index is 1.14. The van der Waals surface area contributed by atoms with E-state index in [9.17, 15) is 0 Å². The number of fused-ring (bicyclic) bond motifs is 2. The van der Waals surface area contributed by atoms with Crippen LogP contribution in [0.3, 0.4) is 0 Å². The number of halogens is 1. The predicted molar refractivity (Wildman–Crippen MR) is 295 cm³/mol. The molecule has 5 heteroatoms. The number of nitrogens with zero attached hydrogens (tertiary/aromatic N) is 2. The van der Waals surface area contributed by atoms with E-state index in [1.165, 1.54) is 32.1 Å². The molecule has 0 saturated heterocycles. The molecule has 0 fully saturated rings. The first kappa shape index (κ1) is 43.0. The molecule has 2 nitrogen and oxygen atoms in total. The standard InChI is InChI=1S/C63H53FN2Si2/c1-67(2,3)51-36-33-49(34-37-51)65(48-27-16-9-17-28-48)50-35-38-53-54-39-40-59(55-30-20-32-60(62(54)55)68(4,5)61(53)43-50)66(58-31-19-18-29-52(58)45-23-12-7-13-24-45)63-56(46-25-14-8-15-26-46)41-47(42-57(63)64)44-21-10-6-11-22-44/h6-43H,1-5H3. The summed E-state index contributed by atoms with van der Waals surface area (Å²) in [5, 5.41) is 6.57. The third-order valence-corrected chi connectivity index (χ3v) is 19.5. The van der Waals surface area contributed by atoms with Gasteiger partial charge >= 0.3 is 0 Å². The molecule has 10 aromatic rings. The fourth-order valence-electron chi connectivity index (χ4n) is 10.4. The predicted octanol–water partition coefficient (Wildman–Crippen LogP) is 16.3. The van der Waals surface area contributed by atoms with Gasteiger partial charge in [-0.2, -0.15) is 0 Å². The number of rotatable bonds is 10. The number of hydrogen-bond donors (Lipinski definition) is 0. The molecular weight excluding hydrogens is 860 g/mol. The van der Waals surface area contributed by atoms with Gasteiger partial charge in [0.25, 0.3) is 0 Å².